The molecule has 1 aromatic heterocycles. The normalized spacial score (nSPS) is 9.82. The summed E-state index contributed by atoms with van der Waals surface area (Å²) in [4.78, 5) is 6.30. The molecule has 0 fully saturated rings. The zero-order valence-corrected chi connectivity index (χ0v) is 11.3. The fourth-order valence-electron chi connectivity index (χ4n) is 1.45. The Hall–Kier alpha value is -1.18. The molecule has 0 bridgehead atoms. The Balaban J connectivity index is 3.06. The van der Waals surface area contributed by atoms with Gasteiger partial charge >= 0.3 is 0 Å². The number of hydrogen-bond acceptors (Lipinski definition) is 4. The molecule has 0 aromatic carbocycles. The van der Waals surface area contributed by atoms with Crippen LogP contribution in [0, 0.1) is 11.3 Å². The second-order valence-electron chi connectivity index (χ2n) is 3.36. The molecule has 1 aromatic rings. The third-order valence-electron chi connectivity index (χ3n) is 2.32. The molecule has 0 aliphatic rings. The summed E-state index contributed by atoms with van der Waals surface area (Å²) in [5, 5.41) is 12.5. The molecule has 0 aliphatic carbocycles. The monoisotopic (exact) mass is 272 g/mol. The Bertz CT molecular complexity index is 428. The Kier molecular flexibility index (Phi) is 5.33. The first-order valence-electron chi connectivity index (χ1n) is 5.29. The molecule has 0 spiro atoms. The van der Waals surface area contributed by atoms with E-state index in [0.29, 0.717) is 34.6 Å². The predicted molar refractivity (Wildman–Crippen MR) is 71.9 cm³/mol. The van der Waals surface area contributed by atoms with E-state index in [4.69, 9.17) is 28.5 Å². The summed E-state index contributed by atoms with van der Waals surface area (Å²) in [5.74, 6) is 1.24. The minimum atomic E-state index is 0.434. The number of anilines is 2. The van der Waals surface area contributed by atoms with Crippen LogP contribution in [0.2, 0.25) is 10.0 Å². The van der Waals surface area contributed by atoms with E-state index in [2.05, 4.69) is 16.4 Å². The van der Waals surface area contributed by atoms with Gasteiger partial charge in [0.05, 0.1) is 22.5 Å². The topological polar surface area (TPSA) is 52.0 Å². The van der Waals surface area contributed by atoms with E-state index in [1.165, 1.54) is 0 Å². The van der Waals surface area contributed by atoms with Gasteiger partial charge in [0, 0.05) is 20.1 Å². The Labute approximate surface area is 111 Å². The van der Waals surface area contributed by atoms with Crippen molar-refractivity contribution in [3.05, 3.63) is 16.1 Å². The van der Waals surface area contributed by atoms with Crippen molar-refractivity contribution < 1.29 is 0 Å². The summed E-state index contributed by atoms with van der Waals surface area (Å²) in [6, 6.07) is 3.77. The molecule has 92 valence electrons. The first kappa shape index (κ1) is 13.9. The molecule has 0 unspecified atom stereocenters. The van der Waals surface area contributed by atoms with Crippen molar-refractivity contribution >= 4 is 34.8 Å². The van der Waals surface area contributed by atoms with E-state index in [1.807, 2.05) is 11.8 Å². The van der Waals surface area contributed by atoms with Crippen LogP contribution in [-0.2, 0) is 0 Å². The minimum Gasteiger partial charge on any atom is -0.372 e. The molecule has 6 heteroatoms. The second kappa shape index (κ2) is 6.53. The number of pyridine rings is 1. The van der Waals surface area contributed by atoms with E-state index < -0.39 is 0 Å². The van der Waals surface area contributed by atoms with Crippen LogP contribution < -0.4 is 10.2 Å². The van der Waals surface area contributed by atoms with Crippen LogP contribution in [0.4, 0.5) is 11.6 Å². The van der Waals surface area contributed by atoms with Gasteiger partial charge < -0.3 is 10.2 Å². The fourth-order valence-corrected chi connectivity index (χ4v) is 2.03. The Morgan fingerprint density at radius 2 is 2.18 bits per heavy atom. The van der Waals surface area contributed by atoms with Gasteiger partial charge in [0.25, 0.3) is 0 Å². The molecule has 0 radical (unpaired) electrons. The molecule has 0 atom stereocenters. The number of nitrogens with one attached hydrogen (secondary N) is 1. The third kappa shape index (κ3) is 3.39. The fraction of sp³-hybridized carbons (Fsp3) is 0.455. The average molecular weight is 273 g/mol. The predicted octanol–water partition coefficient (Wildman–Crippen LogP) is 3.17. The van der Waals surface area contributed by atoms with E-state index >= 15 is 0 Å². The lowest BCUT2D eigenvalue weighted by molar-refractivity contribution is 0.811. The van der Waals surface area contributed by atoms with E-state index in [9.17, 15) is 0 Å². The molecule has 0 amide bonds. The summed E-state index contributed by atoms with van der Waals surface area (Å²) in [6.07, 6.45) is 0.434. The second-order valence-corrected chi connectivity index (χ2v) is 4.18. The maximum Gasteiger partial charge on any atom is 0.149 e. The Morgan fingerprint density at radius 3 is 2.71 bits per heavy atom. The molecule has 1 heterocycles. The largest absolute Gasteiger partial charge is 0.372 e. The Morgan fingerprint density at radius 1 is 1.47 bits per heavy atom. The standard InChI is InChI=1S/C11H14Cl2N4/c1-3-17(6-4-5-14)11-9(13)7-8(12)10(15-2)16-11/h7H,3-4,6H2,1-2H3,(H,15,16). The van der Waals surface area contributed by atoms with Gasteiger partial charge in [-0.25, -0.2) is 4.98 Å². The maximum absolute atomic E-state index is 8.61. The van der Waals surface area contributed by atoms with E-state index in [0.717, 1.165) is 6.54 Å². The first-order valence-corrected chi connectivity index (χ1v) is 6.05. The maximum atomic E-state index is 8.61. The number of aromatic nitrogens is 1. The van der Waals surface area contributed by atoms with Crippen molar-refractivity contribution in [3.63, 3.8) is 0 Å². The summed E-state index contributed by atoms with van der Waals surface area (Å²) < 4.78 is 0. The molecule has 1 rings (SSSR count). The van der Waals surface area contributed by atoms with Crippen molar-refractivity contribution in [2.24, 2.45) is 0 Å². The highest BCUT2D eigenvalue weighted by Crippen LogP contribution is 2.31. The van der Waals surface area contributed by atoms with Crippen LogP contribution in [0.15, 0.2) is 6.07 Å². The SMILES string of the molecule is CCN(CCC#N)c1nc(NC)c(Cl)cc1Cl. The smallest absolute Gasteiger partial charge is 0.149 e. The van der Waals surface area contributed by atoms with Crippen molar-refractivity contribution in [2.45, 2.75) is 13.3 Å². The van der Waals surface area contributed by atoms with Crippen LogP contribution in [0.5, 0.6) is 0 Å². The van der Waals surface area contributed by atoms with Crippen LogP contribution >= 0.6 is 23.2 Å². The van der Waals surface area contributed by atoms with Gasteiger partial charge in [-0.2, -0.15) is 5.26 Å². The van der Waals surface area contributed by atoms with Gasteiger partial charge in [-0.15, -0.1) is 0 Å². The summed E-state index contributed by atoms with van der Waals surface area (Å²) in [5.41, 5.74) is 0. The highest BCUT2D eigenvalue weighted by Gasteiger charge is 2.13. The lowest BCUT2D eigenvalue weighted by atomic mass is 10.3. The van der Waals surface area contributed by atoms with E-state index in [-0.39, 0.29) is 0 Å². The van der Waals surface area contributed by atoms with Gasteiger partial charge in [0.15, 0.2) is 0 Å². The van der Waals surface area contributed by atoms with Gasteiger partial charge in [-0.05, 0) is 13.0 Å². The molecule has 0 saturated heterocycles. The molecule has 4 nitrogen and oxygen atoms in total. The van der Waals surface area contributed by atoms with Crippen LogP contribution in [0.3, 0.4) is 0 Å². The number of nitrogens with zero attached hydrogens (tertiary/aromatic N) is 3. The summed E-state index contributed by atoms with van der Waals surface area (Å²) in [7, 11) is 1.75. The number of halogens is 2. The lowest BCUT2D eigenvalue weighted by Crippen LogP contribution is -2.25. The van der Waals surface area contributed by atoms with Crippen LogP contribution in [0.1, 0.15) is 13.3 Å². The zero-order chi connectivity index (χ0) is 12.8. The van der Waals surface area contributed by atoms with Gasteiger partial charge in [0.1, 0.15) is 11.6 Å². The summed E-state index contributed by atoms with van der Waals surface area (Å²) in [6.45, 7) is 3.33. The zero-order valence-electron chi connectivity index (χ0n) is 9.80. The average Bonchev–Trinajstić information content (AvgIpc) is 2.32. The summed E-state index contributed by atoms with van der Waals surface area (Å²) >= 11 is 12.1. The van der Waals surface area contributed by atoms with Crippen molar-refractivity contribution in [3.8, 4) is 6.07 Å². The quantitative estimate of drug-likeness (QED) is 0.895. The molecule has 17 heavy (non-hydrogen) atoms. The molecule has 1 N–H and O–H groups in total. The van der Waals surface area contributed by atoms with E-state index in [1.54, 1.807) is 13.1 Å². The van der Waals surface area contributed by atoms with Gasteiger partial charge in [0.2, 0.25) is 0 Å². The number of nitriles is 1. The van der Waals surface area contributed by atoms with Crippen molar-refractivity contribution in [1.82, 2.24) is 4.98 Å². The first-order chi connectivity index (χ1) is 8.13. The highest BCUT2D eigenvalue weighted by molar-refractivity contribution is 6.37. The van der Waals surface area contributed by atoms with Crippen molar-refractivity contribution in [2.75, 3.05) is 30.4 Å². The molecular weight excluding hydrogens is 259 g/mol. The van der Waals surface area contributed by atoms with Gasteiger partial charge in [-0.3, -0.25) is 0 Å². The van der Waals surface area contributed by atoms with Crippen molar-refractivity contribution in [1.29, 1.82) is 5.26 Å². The van der Waals surface area contributed by atoms with Crippen LogP contribution in [-0.4, -0.2) is 25.1 Å². The van der Waals surface area contributed by atoms with Crippen LogP contribution in [0.25, 0.3) is 0 Å². The number of hydrogen-bond donors (Lipinski definition) is 1. The number of rotatable bonds is 5. The molecule has 0 saturated carbocycles. The van der Waals surface area contributed by atoms with Gasteiger partial charge in [-0.1, -0.05) is 23.2 Å². The molecule has 0 aliphatic heterocycles. The minimum absolute atomic E-state index is 0.434. The third-order valence-corrected chi connectivity index (χ3v) is 2.89. The highest BCUT2D eigenvalue weighted by atomic mass is 35.5. The lowest BCUT2D eigenvalue weighted by Gasteiger charge is -2.22. The molecular formula is C11H14Cl2N4.